The molecule has 0 aromatic heterocycles. The highest BCUT2D eigenvalue weighted by atomic mass is 35.5. The second kappa shape index (κ2) is 9.58. The fourth-order valence-electron chi connectivity index (χ4n) is 4.35. The van der Waals surface area contributed by atoms with Crippen LogP contribution >= 0.6 is 12.4 Å². The second-order valence-electron chi connectivity index (χ2n) is 7.36. The predicted molar refractivity (Wildman–Crippen MR) is 107 cm³/mol. The number of methoxy groups -OCH3 is 1. The maximum absolute atomic E-state index is 13.1. The van der Waals surface area contributed by atoms with Crippen LogP contribution in [0.5, 0.6) is 5.75 Å². The number of likely N-dealkylation sites (tertiary alicyclic amines) is 1. The van der Waals surface area contributed by atoms with E-state index in [1.54, 1.807) is 7.11 Å². The lowest BCUT2D eigenvalue weighted by Gasteiger charge is -2.42. The van der Waals surface area contributed by atoms with Gasteiger partial charge in [0, 0.05) is 37.3 Å². The van der Waals surface area contributed by atoms with Gasteiger partial charge >= 0.3 is 0 Å². The van der Waals surface area contributed by atoms with Gasteiger partial charge in [-0.3, -0.25) is 9.69 Å². The Morgan fingerprint density at radius 1 is 1.23 bits per heavy atom. The zero-order valence-corrected chi connectivity index (χ0v) is 16.9. The van der Waals surface area contributed by atoms with Crippen LogP contribution in [0.1, 0.15) is 44.7 Å². The molecule has 0 aliphatic carbocycles. The highest BCUT2D eigenvalue weighted by molar-refractivity contribution is 5.85. The topological polar surface area (TPSA) is 44.8 Å². The first kappa shape index (κ1) is 21.0. The van der Waals surface area contributed by atoms with Gasteiger partial charge in [0.2, 0.25) is 5.91 Å². The van der Waals surface area contributed by atoms with Gasteiger partial charge in [-0.25, -0.2) is 0 Å². The summed E-state index contributed by atoms with van der Waals surface area (Å²) in [5.74, 6) is 1.16. The van der Waals surface area contributed by atoms with Crippen molar-refractivity contribution in [3.63, 3.8) is 0 Å². The van der Waals surface area contributed by atoms with Crippen molar-refractivity contribution in [2.45, 2.75) is 51.2 Å². The Kier molecular flexibility index (Phi) is 7.74. The second-order valence-corrected chi connectivity index (χ2v) is 7.36. The van der Waals surface area contributed by atoms with Crippen LogP contribution < -0.4 is 10.1 Å². The quantitative estimate of drug-likeness (QED) is 0.871. The van der Waals surface area contributed by atoms with Crippen LogP contribution in [0.25, 0.3) is 0 Å². The predicted octanol–water partition coefficient (Wildman–Crippen LogP) is 2.85. The number of nitrogens with one attached hydrogen (secondary N) is 1. The molecule has 5 nitrogen and oxygen atoms in total. The standard InChI is InChI=1S/C20H31N3O2.ClH/c1-15-7-6-8-16(2)23(15)20(24)14-22-12-11-21-13-18(22)17-9-4-5-10-19(17)25-3;/h4-5,9-10,15-16,18,21H,6-8,11-14H2,1-3H3;1H. The summed E-state index contributed by atoms with van der Waals surface area (Å²) in [7, 11) is 1.71. The first-order valence-corrected chi connectivity index (χ1v) is 9.50. The largest absolute Gasteiger partial charge is 0.496 e. The van der Waals surface area contributed by atoms with Gasteiger partial charge in [0.05, 0.1) is 19.7 Å². The Labute approximate surface area is 163 Å². The highest BCUT2D eigenvalue weighted by Crippen LogP contribution is 2.30. The smallest absolute Gasteiger partial charge is 0.237 e. The van der Waals surface area contributed by atoms with Gasteiger partial charge in [0.25, 0.3) is 0 Å². The molecule has 0 radical (unpaired) electrons. The van der Waals surface area contributed by atoms with Gasteiger partial charge < -0.3 is 15.0 Å². The number of carbonyl (C=O) groups is 1. The van der Waals surface area contributed by atoms with E-state index in [0.29, 0.717) is 18.6 Å². The minimum Gasteiger partial charge on any atom is -0.496 e. The van der Waals surface area contributed by atoms with Crippen LogP contribution in [0.15, 0.2) is 24.3 Å². The molecule has 3 unspecified atom stereocenters. The molecule has 1 aromatic carbocycles. The van der Waals surface area contributed by atoms with E-state index in [1.807, 2.05) is 18.2 Å². The van der Waals surface area contributed by atoms with E-state index in [2.05, 4.69) is 35.0 Å². The molecule has 2 heterocycles. The third-order valence-corrected chi connectivity index (χ3v) is 5.67. The van der Waals surface area contributed by atoms with Gasteiger partial charge in [-0.15, -0.1) is 12.4 Å². The van der Waals surface area contributed by atoms with Crippen LogP contribution in [-0.4, -0.2) is 61.1 Å². The molecule has 2 saturated heterocycles. The van der Waals surface area contributed by atoms with E-state index in [1.165, 1.54) is 6.42 Å². The molecule has 2 fully saturated rings. The van der Waals surface area contributed by atoms with E-state index >= 15 is 0 Å². The van der Waals surface area contributed by atoms with Crippen LogP contribution in [0.3, 0.4) is 0 Å². The maximum atomic E-state index is 13.1. The molecule has 2 aliphatic heterocycles. The van der Waals surface area contributed by atoms with Gasteiger partial charge in [-0.2, -0.15) is 0 Å². The van der Waals surface area contributed by atoms with Crippen molar-refractivity contribution in [2.75, 3.05) is 33.3 Å². The van der Waals surface area contributed by atoms with E-state index in [0.717, 1.165) is 43.8 Å². The Morgan fingerprint density at radius 2 is 1.92 bits per heavy atom. The first-order chi connectivity index (χ1) is 12.1. The van der Waals surface area contributed by atoms with E-state index in [9.17, 15) is 4.79 Å². The van der Waals surface area contributed by atoms with Gasteiger partial charge in [-0.05, 0) is 39.2 Å². The van der Waals surface area contributed by atoms with Gasteiger partial charge in [0.1, 0.15) is 5.75 Å². The number of piperazine rings is 1. The summed E-state index contributed by atoms with van der Waals surface area (Å²) in [4.78, 5) is 17.5. The third kappa shape index (κ3) is 4.51. The maximum Gasteiger partial charge on any atom is 0.237 e. The fourth-order valence-corrected chi connectivity index (χ4v) is 4.35. The Balaban J connectivity index is 0.00000243. The summed E-state index contributed by atoms with van der Waals surface area (Å²) in [6, 6.07) is 9.02. The number of hydrogen-bond acceptors (Lipinski definition) is 4. The average Bonchev–Trinajstić information content (AvgIpc) is 2.62. The number of amides is 1. The number of halogens is 1. The lowest BCUT2D eigenvalue weighted by atomic mass is 9.97. The zero-order chi connectivity index (χ0) is 17.8. The molecular weight excluding hydrogens is 350 g/mol. The summed E-state index contributed by atoms with van der Waals surface area (Å²) < 4.78 is 5.55. The monoisotopic (exact) mass is 381 g/mol. The number of ether oxygens (including phenoxy) is 1. The minimum absolute atomic E-state index is 0. The number of carbonyl (C=O) groups excluding carboxylic acids is 1. The average molecular weight is 382 g/mol. The molecule has 3 rings (SSSR count). The number of para-hydroxylation sites is 1. The summed E-state index contributed by atoms with van der Waals surface area (Å²) in [5.41, 5.74) is 1.16. The van der Waals surface area contributed by atoms with E-state index in [-0.39, 0.29) is 24.4 Å². The number of benzene rings is 1. The summed E-state index contributed by atoms with van der Waals surface area (Å²) in [6.45, 7) is 7.50. The summed E-state index contributed by atoms with van der Waals surface area (Å²) in [5, 5.41) is 3.46. The first-order valence-electron chi connectivity index (χ1n) is 9.50. The number of hydrogen-bond donors (Lipinski definition) is 1. The zero-order valence-electron chi connectivity index (χ0n) is 16.1. The van der Waals surface area contributed by atoms with Crippen molar-refractivity contribution < 1.29 is 9.53 Å². The Bertz CT molecular complexity index is 588. The van der Waals surface area contributed by atoms with E-state index in [4.69, 9.17) is 4.74 Å². The molecule has 2 aliphatic rings. The van der Waals surface area contributed by atoms with Crippen LogP contribution in [-0.2, 0) is 4.79 Å². The Hall–Kier alpha value is -1.30. The van der Waals surface area contributed by atoms with E-state index < -0.39 is 0 Å². The lowest BCUT2D eigenvalue weighted by Crippen LogP contribution is -2.54. The molecule has 0 spiro atoms. The Morgan fingerprint density at radius 3 is 2.62 bits per heavy atom. The molecule has 26 heavy (non-hydrogen) atoms. The highest BCUT2D eigenvalue weighted by Gasteiger charge is 2.33. The number of piperidine rings is 1. The molecule has 6 heteroatoms. The summed E-state index contributed by atoms with van der Waals surface area (Å²) in [6.07, 6.45) is 3.46. The SMILES string of the molecule is COc1ccccc1C1CNCCN1CC(=O)N1C(C)CCCC1C.Cl. The normalized spacial score (nSPS) is 26.9. The van der Waals surface area contributed by atoms with Crippen molar-refractivity contribution in [1.29, 1.82) is 0 Å². The number of rotatable bonds is 4. The third-order valence-electron chi connectivity index (χ3n) is 5.67. The van der Waals surface area contributed by atoms with Crippen LogP contribution in [0.2, 0.25) is 0 Å². The molecule has 1 amide bonds. The lowest BCUT2D eigenvalue weighted by molar-refractivity contribution is -0.139. The molecule has 1 N–H and O–H groups in total. The molecule has 146 valence electrons. The van der Waals surface area contributed by atoms with Gasteiger partial charge in [0.15, 0.2) is 0 Å². The van der Waals surface area contributed by atoms with Crippen molar-refractivity contribution >= 4 is 18.3 Å². The molecule has 0 saturated carbocycles. The number of nitrogens with zero attached hydrogens (tertiary/aromatic N) is 2. The molecule has 3 atom stereocenters. The summed E-state index contributed by atoms with van der Waals surface area (Å²) >= 11 is 0. The molecular formula is C20H32ClN3O2. The van der Waals surface area contributed by atoms with Gasteiger partial charge in [-0.1, -0.05) is 18.2 Å². The van der Waals surface area contributed by atoms with Crippen molar-refractivity contribution in [1.82, 2.24) is 15.1 Å². The molecule has 1 aromatic rings. The molecule has 0 bridgehead atoms. The van der Waals surface area contributed by atoms with Crippen LogP contribution in [0, 0.1) is 0 Å². The van der Waals surface area contributed by atoms with Crippen molar-refractivity contribution in [2.24, 2.45) is 0 Å². The van der Waals surface area contributed by atoms with Crippen molar-refractivity contribution in [3.8, 4) is 5.75 Å². The fraction of sp³-hybridized carbons (Fsp3) is 0.650. The van der Waals surface area contributed by atoms with Crippen LogP contribution in [0.4, 0.5) is 0 Å². The minimum atomic E-state index is 0. The van der Waals surface area contributed by atoms with Crippen molar-refractivity contribution in [3.05, 3.63) is 29.8 Å².